The van der Waals surface area contributed by atoms with Crippen molar-refractivity contribution in [2.75, 3.05) is 0 Å². The fraction of sp³-hybridized carbons (Fsp3) is 0.500. The second kappa shape index (κ2) is 7.05. The average molecular weight is 252 g/mol. The second-order valence-corrected chi connectivity index (χ2v) is 3.91. The predicted molar refractivity (Wildman–Crippen MR) is 69.7 cm³/mol. The van der Waals surface area contributed by atoms with Crippen molar-refractivity contribution in [2.24, 2.45) is 0 Å². The largest absolute Gasteiger partial charge is 0.379 e. The van der Waals surface area contributed by atoms with E-state index in [4.69, 9.17) is 10.2 Å². The Morgan fingerprint density at radius 2 is 1.83 bits per heavy atom. The first-order valence-corrected chi connectivity index (χ1v) is 5.95. The number of hydrogen-bond donors (Lipinski definition) is 3. The van der Waals surface area contributed by atoms with Gasteiger partial charge in [-0.15, -0.1) is 5.10 Å². The van der Waals surface area contributed by atoms with Gasteiger partial charge < -0.3 is 10.2 Å². The van der Waals surface area contributed by atoms with Gasteiger partial charge in [-0.05, 0) is 32.9 Å². The normalized spacial score (nSPS) is 13.8. The Bertz CT molecular complexity index is 462. The van der Waals surface area contributed by atoms with E-state index in [2.05, 4.69) is 22.6 Å². The molecule has 2 rings (SSSR count). The van der Waals surface area contributed by atoms with Crippen molar-refractivity contribution in [3.05, 3.63) is 24.3 Å². The van der Waals surface area contributed by atoms with Crippen molar-refractivity contribution in [1.29, 1.82) is 0 Å². The van der Waals surface area contributed by atoms with E-state index in [0.29, 0.717) is 0 Å². The molecule has 0 saturated heterocycles. The van der Waals surface area contributed by atoms with Crippen LogP contribution in [0.5, 0.6) is 0 Å². The summed E-state index contributed by atoms with van der Waals surface area (Å²) in [5.74, 6) is 0. The summed E-state index contributed by atoms with van der Waals surface area (Å²) in [5, 5.41) is 27.3. The van der Waals surface area contributed by atoms with E-state index in [9.17, 15) is 0 Å². The number of nitrogens with zero attached hydrogens (tertiary/aromatic N) is 3. The van der Waals surface area contributed by atoms with E-state index in [1.54, 1.807) is 13.8 Å². The molecule has 0 bridgehead atoms. The first-order chi connectivity index (χ1) is 8.54. The maximum absolute atomic E-state index is 8.45. The molecule has 18 heavy (non-hydrogen) atoms. The smallest absolute Gasteiger partial charge is 0.113 e. The summed E-state index contributed by atoms with van der Waals surface area (Å²) in [7, 11) is 0. The number of fused-ring (bicyclic) bond motifs is 1. The zero-order valence-electron chi connectivity index (χ0n) is 10.9. The highest BCUT2D eigenvalue weighted by Gasteiger charge is 1.98. The summed E-state index contributed by atoms with van der Waals surface area (Å²) in [5.41, 5.74) is 2.07. The van der Waals surface area contributed by atoms with Gasteiger partial charge in [0, 0.05) is 6.54 Å². The number of aliphatic hydroxyl groups is 2. The Morgan fingerprint density at radius 3 is 2.33 bits per heavy atom. The zero-order valence-corrected chi connectivity index (χ0v) is 10.9. The number of aromatic nitrogens is 3. The van der Waals surface area contributed by atoms with Gasteiger partial charge >= 0.3 is 0 Å². The number of nitrogens with one attached hydrogen (secondary N) is 1. The van der Waals surface area contributed by atoms with Gasteiger partial charge in [0.15, 0.2) is 0 Å². The van der Waals surface area contributed by atoms with Crippen molar-refractivity contribution >= 4 is 11.0 Å². The Morgan fingerprint density at radius 1 is 1.22 bits per heavy atom. The van der Waals surface area contributed by atoms with E-state index in [1.807, 2.05) is 28.9 Å². The van der Waals surface area contributed by atoms with Gasteiger partial charge in [-0.2, -0.15) is 0 Å². The molecule has 6 nitrogen and oxygen atoms in total. The Hall–Kier alpha value is -1.50. The predicted octanol–water partition coefficient (Wildman–Crippen LogP) is 0.704. The Kier molecular flexibility index (Phi) is 5.70. The fourth-order valence-electron chi connectivity index (χ4n) is 1.50. The number of benzene rings is 1. The highest BCUT2D eigenvalue weighted by molar-refractivity contribution is 5.73. The van der Waals surface area contributed by atoms with E-state index in [-0.39, 0.29) is 0 Å². The maximum atomic E-state index is 8.45. The van der Waals surface area contributed by atoms with Gasteiger partial charge in [0.2, 0.25) is 0 Å². The molecule has 0 radical (unpaired) electrons. The third-order valence-corrected chi connectivity index (χ3v) is 2.20. The summed E-state index contributed by atoms with van der Waals surface area (Å²) in [6, 6.07) is 7.96. The molecular formula is C12H20N4O2. The summed E-state index contributed by atoms with van der Waals surface area (Å²) >= 11 is 0. The van der Waals surface area contributed by atoms with Crippen molar-refractivity contribution in [2.45, 2.75) is 39.8 Å². The molecular weight excluding hydrogens is 232 g/mol. The van der Waals surface area contributed by atoms with Crippen LogP contribution in [0.15, 0.2) is 24.3 Å². The minimum Gasteiger partial charge on any atom is -0.379 e. The third-order valence-electron chi connectivity index (χ3n) is 2.20. The SMILES string of the molecule is CC(O)NC(C)O.CCn1nnc2ccccc21. The van der Waals surface area contributed by atoms with Crippen molar-refractivity contribution < 1.29 is 10.2 Å². The van der Waals surface area contributed by atoms with Crippen molar-refractivity contribution in [1.82, 2.24) is 20.3 Å². The van der Waals surface area contributed by atoms with Crippen LogP contribution in [-0.4, -0.2) is 37.7 Å². The molecule has 0 aliphatic heterocycles. The van der Waals surface area contributed by atoms with Crippen LogP contribution >= 0.6 is 0 Å². The number of rotatable bonds is 3. The van der Waals surface area contributed by atoms with Crippen LogP contribution in [0.3, 0.4) is 0 Å². The molecule has 2 unspecified atom stereocenters. The first kappa shape index (κ1) is 14.6. The molecule has 6 heteroatoms. The lowest BCUT2D eigenvalue weighted by Gasteiger charge is -2.08. The second-order valence-electron chi connectivity index (χ2n) is 3.91. The molecule has 0 spiro atoms. The maximum Gasteiger partial charge on any atom is 0.113 e. The Balaban J connectivity index is 0.000000203. The molecule has 3 N–H and O–H groups in total. The summed E-state index contributed by atoms with van der Waals surface area (Å²) in [6.07, 6.45) is -1.25. The van der Waals surface area contributed by atoms with Gasteiger partial charge in [-0.3, -0.25) is 5.32 Å². The number of para-hydroxylation sites is 1. The molecule has 0 aliphatic rings. The minimum atomic E-state index is -0.625. The molecule has 0 saturated carbocycles. The van der Waals surface area contributed by atoms with E-state index in [1.165, 1.54) is 0 Å². The van der Waals surface area contributed by atoms with Crippen LogP contribution in [0.2, 0.25) is 0 Å². The standard InChI is InChI=1S/C8H9N3.C4H11NO2/c1-2-11-8-6-4-3-5-7(8)9-10-11;1-3(6)5-4(2)7/h3-6H,2H2,1H3;3-7H,1-2H3. The third kappa shape index (κ3) is 4.40. The molecule has 0 aliphatic carbocycles. The van der Waals surface area contributed by atoms with Crippen LogP contribution in [0, 0.1) is 0 Å². The molecule has 1 aromatic carbocycles. The van der Waals surface area contributed by atoms with Gasteiger partial charge in [-0.1, -0.05) is 17.3 Å². The molecule has 0 fully saturated rings. The highest BCUT2D eigenvalue weighted by atomic mass is 16.3. The fourth-order valence-corrected chi connectivity index (χ4v) is 1.50. The number of aliphatic hydroxyl groups excluding tert-OH is 2. The summed E-state index contributed by atoms with van der Waals surface area (Å²) < 4.78 is 1.88. The molecule has 2 aromatic rings. The topological polar surface area (TPSA) is 83.2 Å². The first-order valence-electron chi connectivity index (χ1n) is 5.95. The van der Waals surface area contributed by atoms with Crippen LogP contribution in [-0.2, 0) is 6.54 Å². The van der Waals surface area contributed by atoms with Crippen LogP contribution in [0.1, 0.15) is 20.8 Å². The lowest BCUT2D eigenvalue weighted by atomic mass is 10.3. The minimum absolute atomic E-state index is 0.625. The van der Waals surface area contributed by atoms with Gasteiger partial charge in [0.25, 0.3) is 0 Å². The lowest BCUT2D eigenvalue weighted by molar-refractivity contribution is 0.0632. The monoisotopic (exact) mass is 252 g/mol. The van der Waals surface area contributed by atoms with Gasteiger partial charge in [-0.25, -0.2) is 4.68 Å². The van der Waals surface area contributed by atoms with E-state index >= 15 is 0 Å². The average Bonchev–Trinajstić information content (AvgIpc) is 2.70. The van der Waals surface area contributed by atoms with Crippen LogP contribution < -0.4 is 5.32 Å². The summed E-state index contributed by atoms with van der Waals surface area (Å²) in [6.45, 7) is 6.03. The quantitative estimate of drug-likeness (QED) is 0.701. The van der Waals surface area contributed by atoms with Gasteiger partial charge in [0.05, 0.1) is 5.52 Å². The molecule has 0 amide bonds. The highest BCUT2D eigenvalue weighted by Crippen LogP contribution is 2.08. The van der Waals surface area contributed by atoms with Crippen molar-refractivity contribution in [3.63, 3.8) is 0 Å². The number of aryl methyl sites for hydroxylation is 1. The van der Waals surface area contributed by atoms with Gasteiger partial charge in [0.1, 0.15) is 18.0 Å². The molecule has 100 valence electrons. The molecule has 1 aromatic heterocycles. The van der Waals surface area contributed by atoms with Crippen LogP contribution in [0.25, 0.3) is 11.0 Å². The van der Waals surface area contributed by atoms with Crippen molar-refractivity contribution in [3.8, 4) is 0 Å². The molecule has 1 heterocycles. The van der Waals surface area contributed by atoms with Crippen LogP contribution in [0.4, 0.5) is 0 Å². The molecule has 2 atom stereocenters. The van der Waals surface area contributed by atoms with E-state index < -0.39 is 12.5 Å². The summed E-state index contributed by atoms with van der Waals surface area (Å²) in [4.78, 5) is 0. The van der Waals surface area contributed by atoms with E-state index in [0.717, 1.165) is 17.6 Å². The zero-order chi connectivity index (χ0) is 13.5. The number of hydrogen-bond acceptors (Lipinski definition) is 5. The lowest BCUT2D eigenvalue weighted by Crippen LogP contribution is -2.33. The Labute approximate surface area is 106 Å².